The van der Waals surface area contributed by atoms with Gasteiger partial charge in [-0.1, -0.05) is 36.4 Å². The molecule has 0 amide bonds. The van der Waals surface area contributed by atoms with E-state index in [-0.39, 0.29) is 22.5 Å². The summed E-state index contributed by atoms with van der Waals surface area (Å²) in [6.07, 6.45) is 4.63. The Hall–Kier alpha value is -3.07. The van der Waals surface area contributed by atoms with Crippen LogP contribution in [0.5, 0.6) is 0 Å². The minimum Gasteiger partial charge on any atom is -0.369 e. The number of nitro benzene ring substituents is 1. The number of non-ortho nitro benzene ring substituents is 1. The summed E-state index contributed by atoms with van der Waals surface area (Å²) in [5.74, 6) is 0.375. The molecule has 1 aliphatic heterocycles. The Morgan fingerprint density at radius 3 is 2.45 bits per heavy atom. The van der Waals surface area contributed by atoms with E-state index in [0.29, 0.717) is 5.69 Å². The van der Waals surface area contributed by atoms with Gasteiger partial charge in [0, 0.05) is 21.9 Å². The molecule has 0 radical (unpaired) electrons. The number of aliphatic imine (C=N–C) groups is 2. The third-order valence-corrected chi connectivity index (χ3v) is 6.15. The fourth-order valence-corrected chi connectivity index (χ4v) is 4.91. The van der Waals surface area contributed by atoms with Crippen LogP contribution in [0.1, 0.15) is 32.1 Å². The molecule has 4 N–H and O–H groups in total. The molecule has 0 saturated heterocycles. The average molecular weight is 411 g/mol. The summed E-state index contributed by atoms with van der Waals surface area (Å²) in [4.78, 5) is 23.6. The van der Waals surface area contributed by atoms with Crippen LogP contribution in [0.3, 0.4) is 0 Å². The number of benzene rings is 2. The SMILES string of the molecule is NC1=NC2(CCCCC2)N(c2cc(Sc3ccccc3)cc([N+](=O)[O-])c2)C(N)=N1. The Balaban J connectivity index is 1.80. The first kappa shape index (κ1) is 19.3. The van der Waals surface area contributed by atoms with Gasteiger partial charge in [-0.2, -0.15) is 4.99 Å². The first-order chi connectivity index (χ1) is 14.0. The highest BCUT2D eigenvalue weighted by Crippen LogP contribution is 2.42. The van der Waals surface area contributed by atoms with E-state index in [1.807, 2.05) is 41.3 Å². The van der Waals surface area contributed by atoms with E-state index in [1.165, 1.54) is 17.8 Å². The van der Waals surface area contributed by atoms with Crippen molar-refractivity contribution < 1.29 is 4.92 Å². The summed E-state index contributed by atoms with van der Waals surface area (Å²) >= 11 is 1.46. The molecule has 1 spiro atoms. The Kier molecular flexibility index (Phi) is 5.14. The topological polar surface area (TPSA) is 123 Å². The number of anilines is 1. The fourth-order valence-electron chi connectivity index (χ4n) is 3.98. The molecule has 2 aliphatic rings. The van der Waals surface area contributed by atoms with Gasteiger partial charge in [-0.25, -0.2) is 4.99 Å². The quantitative estimate of drug-likeness (QED) is 0.583. The van der Waals surface area contributed by atoms with Gasteiger partial charge in [0.1, 0.15) is 5.66 Å². The van der Waals surface area contributed by atoms with E-state index in [9.17, 15) is 10.1 Å². The summed E-state index contributed by atoms with van der Waals surface area (Å²) in [6.45, 7) is 0. The molecule has 4 rings (SSSR count). The van der Waals surface area contributed by atoms with Gasteiger partial charge in [0.25, 0.3) is 5.69 Å². The van der Waals surface area contributed by atoms with Crippen LogP contribution < -0.4 is 16.4 Å². The Labute approximate surface area is 172 Å². The number of hydrogen-bond acceptors (Lipinski definition) is 8. The lowest BCUT2D eigenvalue weighted by Gasteiger charge is -2.45. The summed E-state index contributed by atoms with van der Waals surface area (Å²) < 4.78 is 0. The standard InChI is InChI=1S/C20H22N6O2S/c21-18-23-19(22)25(20(24-18)9-5-2-6-10-20)14-11-15(26(27)28)13-17(12-14)29-16-7-3-1-4-8-16/h1,3-4,7-8,11-13H,2,5-6,9-10H2,(H4,21,22,23,24). The van der Waals surface area contributed by atoms with Crippen LogP contribution in [0.2, 0.25) is 0 Å². The van der Waals surface area contributed by atoms with Gasteiger partial charge in [0.2, 0.25) is 11.9 Å². The van der Waals surface area contributed by atoms with Gasteiger partial charge in [-0.15, -0.1) is 0 Å². The zero-order valence-electron chi connectivity index (χ0n) is 15.8. The van der Waals surface area contributed by atoms with Crippen molar-refractivity contribution in [2.45, 2.75) is 47.6 Å². The highest BCUT2D eigenvalue weighted by Gasteiger charge is 2.43. The van der Waals surface area contributed by atoms with Crippen molar-refractivity contribution in [3.05, 3.63) is 58.6 Å². The zero-order valence-corrected chi connectivity index (χ0v) is 16.6. The van der Waals surface area contributed by atoms with E-state index in [1.54, 1.807) is 6.07 Å². The van der Waals surface area contributed by atoms with Gasteiger partial charge in [-0.3, -0.25) is 15.0 Å². The van der Waals surface area contributed by atoms with Crippen molar-refractivity contribution in [1.82, 2.24) is 0 Å². The zero-order chi connectivity index (χ0) is 20.4. The predicted molar refractivity (Wildman–Crippen MR) is 115 cm³/mol. The summed E-state index contributed by atoms with van der Waals surface area (Å²) in [5, 5.41) is 11.6. The van der Waals surface area contributed by atoms with Crippen molar-refractivity contribution in [3.8, 4) is 0 Å². The smallest absolute Gasteiger partial charge is 0.272 e. The van der Waals surface area contributed by atoms with Crippen LogP contribution in [0.15, 0.2) is 68.3 Å². The molecule has 1 saturated carbocycles. The summed E-state index contributed by atoms with van der Waals surface area (Å²) in [5.41, 5.74) is 12.2. The van der Waals surface area contributed by atoms with E-state index in [0.717, 1.165) is 41.9 Å². The third-order valence-electron chi connectivity index (χ3n) is 5.18. The number of rotatable bonds is 4. The molecule has 0 bridgehead atoms. The second kappa shape index (κ2) is 7.75. The summed E-state index contributed by atoms with van der Waals surface area (Å²) in [6, 6.07) is 14.7. The number of nitro groups is 1. The van der Waals surface area contributed by atoms with Crippen molar-refractivity contribution in [2.24, 2.45) is 21.5 Å². The van der Waals surface area contributed by atoms with Crippen LogP contribution in [0.4, 0.5) is 11.4 Å². The van der Waals surface area contributed by atoms with E-state index in [4.69, 9.17) is 11.5 Å². The number of nitrogens with zero attached hydrogens (tertiary/aromatic N) is 4. The molecule has 2 aromatic rings. The largest absolute Gasteiger partial charge is 0.369 e. The van der Waals surface area contributed by atoms with Gasteiger partial charge in [-0.05, 0) is 43.9 Å². The maximum Gasteiger partial charge on any atom is 0.272 e. The molecule has 1 heterocycles. The normalized spacial score (nSPS) is 18.3. The van der Waals surface area contributed by atoms with Gasteiger partial charge in [0.05, 0.1) is 10.6 Å². The highest BCUT2D eigenvalue weighted by atomic mass is 32.2. The predicted octanol–water partition coefficient (Wildman–Crippen LogP) is 3.86. The van der Waals surface area contributed by atoms with Crippen molar-refractivity contribution in [3.63, 3.8) is 0 Å². The first-order valence-electron chi connectivity index (χ1n) is 9.49. The maximum atomic E-state index is 11.6. The van der Waals surface area contributed by atoms with Crippen LogP contribution in [-0.2, 0) is 0 Å². The minimum atomic E-state index is -0.641. The lowest BCUT2D eigenvalue weighted by Crippen LogP contribution is -2.58. The molecular formula is C20H22N6O2S. The van der Waals surface area contributed by atoms with E-state index in [2.05, 4.69) is 9.98 Å². The molecule has 1 aliphatic carbocycles. The highest BCUT2D eigenvalue weighted by molar-refractivity contribution is 7.99. The van der Waals surface area contributed by atoms with Crippen molar-refractivity contribution in [1.29, 1.82) is 0 Å². The van der Waals surface area contributed by atoms with Gasteiger partial charge >= 0.3 is 0 Å². The molecule has 8 nitrogen and oxygen atoms in total. The van der Waals surface area contributed by atoms with Crippen molar-refractivity contribution >= 4 is 35.1 Å². The molecule has 0 unspecified atom stereocenters. The molecule has 2 aromatic carbocycles. The number of guanidine groups is 2. The van der Waals surface area contributed by atoms with E-state index < -0.39 is 5.66 Å². The van der Waals surface area contributed by atoms with Crippen LogP contribution in [-0.4, -0.2) is 22.5 Å². The number of hydrogen-bond donors (Lipinski definition) is 2. The summed E-state index contributed by atoms with van der Waals surface area (Å²) in [7, 11) is 0. The average Bonchev–Trinajstić information content (AvgIpc) is 2.68. The molecule has 0 atom stereocenters. The minimum absolute atomic E-state index is 0.00205. The Morgan fingerprint density at radius 2 is 1.76 bits per heavy atom. The lowest BCUT2D eigenvalue weighted by molar-refractivity contribution is -0.385. The monoisotopic (exact) mass is 410 g/mol. The third kappa shape index (κ3) is 3.91. The first-order valence-corrected chi connectivity index (χ1v) is 10.3. The molecular weight excluding hydrogens is 388 g/mol. The molecule has 29 heavy (non-hydrogen) atoms. The van der Waals surface area contributed by atoms with Crippen molar-refractivity contribution in [2.75, 3.05) is 4.90 Å². The number of nitrogens with two attached hydrogens (primary N) is 2. The second-order valence-electron chi connectivity index (χ2n) is 7.18. The molecule has 9 heteroatoms. The second-order valence-corrected chi connectivity index (χ2v) is 8.32. The Bertz CT molecular complexity index is 986. The van der Waals surface area contributed by atoms with Crippen LogP contribution in [0.25, 0.3) is 0 Å². The molecule has 1 fully saturated rings. The molecule has 150 valence electrons. The van der Waals surface area contributed by atoms with Crippen LogP contribution in [0, 0.1) is 10.1 Å². The lowest BCUT2D eigenvalue weighted by atomic mass is 9.87. The Morgan fingerprint density at radius 1 is 1.03 bits per heavy atom. The van der Waals surface area contributed by atoms with Gasteiger partial charge < -0.3 is 11.5 Å². The molecule has 0 aromatic heterocycles. The van der Waals surface area contributed by atoms with Crippen LogP contribution >= 0.6 is 11.8 Å². The fraction of sp³-hybridized carbons (Fsp3) is 0.300. The van der Waals surface area contributed by atoms with E-state index >= 15 is 0 Å². The maximum absolute atomic E-state index is 11.6. The van der Waals surface area contributed by atoms with Gasteiger partial charge in [0.15, 0.2) is 0 Å².